The van der Waals surface area contributed by atoms with E-state index in [1.54, 1.807) is 6.07 Å². The summed E-state index contributed by atoms with van der Waals surface area (Å²) in [6.07, 6.45) is 0. The molecule has 0 aromatic heterocycles. The van der Waals surface area contributed by atoms with Crippen LogP contribution in [0.4, 0.5) is 0 Å². The summed E-state index contributed by atoms with van der Waals surface area (Å²) in [5.74, 6) is -0.356. The van der Waals surface area contributed by atoms with Crippen LogP contribution in [0.25, 0.3) is 0 Å². The lowest BCUT2D eigenvalue weighted by molar-refractivity contribution is 0.0600. The van der Waals surface area contributed by atoms with E-state index in [1.165, 1.54) is 7.11 Å². The smallest absolute Gasteiger partial charge is 0.338 e. The van der Waals surface area contributed by atoms with Crippen LogP contribution >= 0.6 is 27.5 Å². The van der Waals surface area contributed by atoms with E-state index >= 15 is 0 Å². The average Bonchev–Trinajstić information content (AvgIpc) is 2.19. The molecule has 4 heteroatoms. The van der Waals surface area contributed by atoms with E-state index in [1.807, 2.05) is 13.0 Å². The maximum absolute atomic E-state index is 11.3. The summed E-state index contributed by atoms with van der Waals surface area (Å²) >= 11 is 9.29. The number of ether oxygens (including phenoxy) is 1. The Kier molecular flexibility index (Phi) is 3.96. The fourth-order valence-electron chi connectivity index (χ4n) is 1.17. The van der Waals surface area contributed by atoms with Crippen molar-refractivity contribution in [2.24, 2.45) is 0 Å². The number of alkyl halides is 1. The highest BCUT2D eigenvalue weighted by atomic mass is 79.9. The fourth-order valence-corrected chi connectivity index (χ4v) is 2.03. The van der Waals surface area contributed by atoms with Crippen molar-refractivity contribution in [2.75, 3.05) is 7.11 Å². The summed E-state index contributed by atoms with van der Waals surface area (Å²) in [5, 5.41) is 1.25. The fraction of sp³-hybridized carbons (Fsp3) is 0.300. The number of carbonyl (C=O) groups is 1. The molecule has 1 aromatic rings. The average molecular weight is 278 g/mol. The monoisotopic (exact) mass is 276 g/mol. The maximum atomic E-state index is 11.3. The Balaban J connectivity index is 3.21. The summed E-state index contributed by atoms with van der Waals surface area (Å²) in [7, 11) is 1.36. The molecule has 0 unspecified atom stereocenters. The highest BCUT2D eigenvalue weighted by molar-refractivity contribution is 9.08. The van der Waals surface area contributed by atoms with Crippen molar-refractivity contribution >= 4 is 33.5 Å². The number of esters is 1. The third-order valence-corrected chi connectivity index (χ3v) is 2.90. The van der Waals surface area contributed by atoms with Crippen LogP contribution in [0.1, 0.15) is 21.5 Å². The second-order valence-corrected chi connectivity index (χ2v) is 3.85. The number of carbonyl (C=O) groups excluding carboxylic acids is 1. The van der Waals surface area contributed by atoms with Gasteiger partial charge in [-0.15, -0.1) is 0 Å². The summed E-state index contributed by atoms with van der Waals surface area (Å²) in [6.45, 7) is 1.86. The Hall–Kier alpha value is -0.540. The second kappa shape index (κ2) is 4.80. The standard InChI is InChI=1S/C10H10BrClO2/c1-6-3-7(5-11)9(12)4-8(6)10(13)14-2/h3-4H,5H2,1-2H3. The van der Waals surface area contributed by atoms with Crippen molar-refractivity contribution in [3.63, 3.8) is 0 Å². The van der Waals surface area contributed by atoms with Crippen molar-refractivity contribution in [3.05, 3.63) is 33.8 Å². The molecule has 0 heterocycles. The number of rotatable bonds is 2. The van der Waals surface area contributed by atoms with Crippen molar-refractivity contribution < 1.29 is 9.53 Å². The van der Waals surface area contributed by atoms with Gasteiger partial charge in [-0.1, -0.05) is 33.6 Å². The molecule has 0 aliphatic carbocycles. The molecular formula is C10H10BrClO2. The zero-order valence-corrected chi connectivity index (χ0v) is 10.3. The van der Waals surface area contributed by atoms with Crippen LogP contribution in [0.3, 0.4) is 0 Å². The summed E-state index contributed by atoms with van der Waals surface area (Å²) in [5.41, 5.74) is 2.36. The normalized spacial score (nSPS) is 10.0. The predicted molar refractivity (Wildman–Crippen MR) is 60.2 cm³/mol. The third kappa shape index (κ3) is 2.28. The van der Waals surface area contributed by atoms with Gasteiger partial charge in [0.25, 0.3) is 0 Å². The second-order valence-electron chi connectivity index (χ2n) is 2.88. The molecule has 0 fully saturated rings. The molecule has 0 spiro atoms. The zero-order chi connectivity index (χ0) is 10.7. The molecule has 0 atom stereocenters. The van der Waals surface area contributed by atoms with E-state index in [-0.39, 0.29) is 5.97 Å². The van der Waals surface area contributed by atoms with Gasteiger partial charge in [-0.3, -0.25) is 0 Å². The Morgan fingerprint density at radius 2 is 2.21 bits per heavy atom. The summed E-state index contributed by atoms with van der Waals surface area (Å²) in [6, 6.07) is 3.52. The number of benzene rings is 1. The molecule has 0 saturated heterocycles. The van der Waals surface area contributed by atoms with Crippen LogP contribution in [0, 0.1) is 6.92 Å². The maximum Gasteiger partial charge on any atom is 0.338 e. The summed E-state index contributed by atoms with van der Waals surface area (Å²) in [4.78, 5) is 11.3. The van der Waals surface area contributed by atoms with E-state index in [0.29, 0.717) is 15.9 Å². The molecule has 0 N–H and O–H groups in total. The molecule has 0 aliphatic heterocycles. The van der Waals surface area contributed by atoms with Crippen LogP contribution in [-0.4, -0.2) is 13.1 Å². The number of hydrogen-bond acceptors (Lipinski definition) is 2. The Morgan fingerprint density at radius 3 is 2.71 bits per heavy atom. The zero-order valence-electron chi connectivity index (χ0n) is 7.93. The number of methoxy groups -OCH3 is 1. The van der Waals surface area contributed by atoms with E-state index in [9.17, 15) is 4.79 Å². The van der Waals surface area contributed by atoms with Crippen LogP contribution in [0.5, 0.6) is 0 Å². The Bertz CT molecular complexity index is 363. The largest absolute Gasteiger partial charge is 0.465 e. The first-order valence-corrected chi connectivity index (χ1v) is 5.53. The molecule has 0 saturated carbocycles. The van der Waals surface area contributed by atoms with Crippen molar-refractivity contribution in [3.8, 4) is 0 Å². The highest BCUT2D eigenvalue weighted by Gasteiger charge is 2.11. The van der Waals surface area contributed by atoms with E-state index in [0.717, 1.165) is 11.1 Å². The molecule has 0 radical (unpaired) electrons. The molecule has 1 rings (SSSR count). The van der Waals surface area contributed by atoms with Gasteiger partial charge in [0.05, 0.1) is 12.7 Å². The van der Waals surface area contributed by atoms with Crippen LogP contribution in [0.15, 0.2) is 12.1 Å². The van der Waals surface area contributed by atoms with Gasteiger partial charge in [0.15, 0.2) is 0 Å². The van der Waals surface area contributed by atoms with Gasteiger partial charge in [0.1, 0.15) is 0 Å². The molecule has 14 heavy (non-hydrogen) atoms. The number of aryl methyl sites for hydroxylation is 1. The number of hydrogen-bond donors (Lipinski definition) is 0. The Morgan fingerprint density at radius 1 is 1.57 bits per heavy atom. The van der Waals surface area contributed by atoms with Gasteiger partial charge in [-0.25, -0.2) is 4.79 Å². The SMILES string of the molecule is COC(=O)c1cc(Cl)c(CBr)cc1C. The van der Waals surface area contributed by atoms with E-state index in [4.69, 9.17) is 11.6 Å². The van der Waals surface area contributed by atoms with Crippen LogP contribution < -0.4 is 0 Å². The minimum atomic E-state index is -0.356. The predicted octanol–water partition coefficient (Wildman–Crippen LogP) is 3.33. The lowest BCUT2D eigenvalue weighted by Gasteiger charge is -2.07. The topological polar surface area (TPSA) is 26.3 Å². The molecule has 0 bridgehead atoms. The van der Waals surface area contributed by atoms with E-state index < -0.39 is 0 Å². The van der Waals surface area contributed by atoms with Gasteiger partial charge in [0.2, 0.25) is 0 Å². The third-order valence-electron chi connectivity index (χ3n) is 1.94. The molecule has 0 aliphatic rings. The Labute approximate surface area is 96.3 Å². The van der Waals surface area contributed by atoms with Gasteiger partial charge >= 0.3 is 5.97 Å². The van der Waals surface area contributed by atoms with Crippen molar-refractivity contribution in [2.45, 2.75) is 12.3 Å². The molecular weight excluding hydrogens is 267 g/mol. The molecule has 2 nitrogen and oxygen atoms in total. The van der Waals surface area contributed by atoms with Gasteiger partial charge in [-0.05, 0) is 24.1 Å². The van der Waals surface area contributed by atoms with Gasteiger partial charge in [0, 0.05) is 10.4 Å². The summed E-state index contributed by atoms with van der Waals surface area (Å²) < 4.78 is 4.64. The van der Waals surface area contributed by atoms with Crippen LogP contribution in [0.2, 0.25) is 5.02 Å². The molecule has 1 aromatic carbocycles. The lowest BCUT2D eigenvalue weighted by Crippen LogP contribution is -2.04. The quantitative estimate of drug-likeness (QED) is 0.612. The molecule has 0 amide bonds. The number of halogens is 2. The minimum absolute atomic E-state index is 0.356. The van der Waals surface area contributed by atoms with Crippen LogP contribution in [-0.2, 0) is 10.1 Å². The first kappa shape index (κ1) is 11.5. The van der Waals surface area contributed by atoms with Crippen molar-refractivity contribution in [1.82, 2.24) is 0 Å². The first-order valence-electron chi connectivity index (χ1n) is 4.03. The lowest BCUT2D eigenvalue weighted by atomic mass is 10.1. The molecule has 76 valence electrons. The first-order chi connectivity index (χ1) is 6.60. The van der Waals surface area contributed by atoms with Crippen molar-refractivity contribution in [1.29, 1.82) is 0 Å². The van der Waals surface area contributed by atoms with Gasteiger partial charge < -0.3 is 4.74 Å². The van der Waals surface area contributed by atoms with E-state index in [2.05, 4.69) is 20.7 Å². The minimum Gasteiger partial charge on any atom is -0.465 e. The highest BCUT2D eigenvalue weighted by Crippen LogP contribution is 2.23. The van der Waals surface area contributed by atoms with Gasteiger partial charge in [-0.2, -0.15) is 0 Å².